The molecule has 1 saturated heterocycles. The Bertz CT molecular complexity index is 421. The van der Waals surface area contributed by atoms with Gasteiger partial charge in [-0.25, -0.2) is 9.97 Å². The highest BCUT2D eigenvalue weighted by atomic mass is 16.1. The van der Waals surface area contributed by atoms with Crippen molar-refractivity contribution in [2.24, 2.45) is 0 Å². The zero-order valence-corrected chi connectivity index (χ0v) is 11.0. The van der Waals surface area contributed by atoms with E-state index in [1.54, 1.807) is 13.3 Å². The van der Waals surface area contributed by atoms with E-state index in [0.717, 1.165) is 31.0 Å². The second-order valence-electron chi connectivity index (χ2n) is 4.78. The lowest BCUT2D eigenvalue weighted by atomic mass is 10.1. The van der Waals surface area contributed by atoms with Gasteiger partial charge in [0.1, 0.15) is 12.1 Å². The number of anilines is 1. The highest BCUT2D eigenvalue weighted by molar-refractivity contribution is 5.72. The molecule has 1 atom stereocenters. The predicted octanol–water partition coefficient (Wildman–Crippen LogP) is 1.28. The summed E-state index contributed by atoms with van der Waals surface area (Å²) >= 11 is 0. The zero-order valence-electron chi connectivity index (χ0n) is 11.0. The summed E-state index contributed by atoms with van der Waals surface area (Å²) in [5.74, 6) is 1.05. The summed E-state index contributed by atoms with van der Waals surface area (Å²) in [7, 11) is 0. The van der Waals surface area contributed by atoms with Crippen LogP contribution in [0.4, 0.5) is 5.82 Å². The number of aromatic nitrogens is 2. The molecule has 0 aliphatic carbocycles. The third-order valence-electron chi connectivity index (χ3n) is 3.31. The van der Waals surface area contributed by atoms with Crippen LogP contribution < -0.4 is 10.2 Å². The average Bonchev–Trinajstić information content (AvgIpc) is 2.77. The van der Waals surface area contributed by atoms with Crippen LogP contribution in [0.5, 0.6) is 0 Å². The van der Waals surface area contributed by atoms with Gasteiger partial charge in [-0.1, -0.05) is 0 Å². The number of aryl methyl sites for hydroxylation is 1. The summed E-state index contributed by atoms with van der Waals surface area (Å²) in [6.07, 6.45) is 4.95. The molecule has 0 saturated carbocycles. The molecule has 1 N–H and O–H groups in total. The first kappa shape index (κ1) is 12.8. The molecule has 1 unspecified atom stereocenters. The van der Waals surface area contributed by atoms with Gasteiger partial charge in [0, 0.05) is 37.8 Å². The minimum Gasteiger partial charge on any atom is -0.356 e. The van der Waals surface area contributed by atoms with Gasteiger partial charge in [-0.3, -0.25) is 4.79 Å². The fourth-order valence-corrected chi connectivity index (χ4v) is 2.45. The summed E-state index contributed by atoms with van der Waals surface area (Å²) in [5.41, 5.74) is 0.993. The van der Waals surface area contributed by atoms with Crippen molar-refractivity contribution in [3.63, 3.8) is 0 Å². The number of amides is 1. The Morgan fingerprint density at radius 3 is 3.11 bits per heavy atom. The molecule has 18 heavy (non-hydrogen) atoms. The van der Waals surface area contributed by atoms with Crippen molar-refractivity contribution in [2.45, 2.75) is 39.2 Å². The summed E-state index contributed by atoms with van der Waals surface area (Å²) in [6, 6.07) is 2.50. The highest BCUT2D eigenvalue weighted by Gasteiger charge is 2.25. The van der Waals surface area contributed by atoms with Gasteiger partial charge >= 0.3 is 0 Å². The number of carbonyl (C=O) groups excluding carboxylic acids is 1. The maximum absolute atomic E-state index is 10.9. The van der Waals surface area contributed by atoms with E-state index in [0.29, 0.717) is 6.04 Å². The van der Waals surface area contributed by atoms with Crippen LogP contribution in [0.1, 0.15) is 31.9 Å². The van der Waals surface area contributed by atoms with E-state index >= 15 is 0 Å². The maximum Gasteiger partial charge on any atom is 0.216 e. The lowest BCUT2D eigenvalue weighted by molar-refractivity contribution is -0.118. The summed E-state index contributed by atoms with van der Waals surface area (Å²) in [4.78, 5) is 21.7. The number of nitrogens with one attached hydrogen (secondary N) is 1. The number of nitrogens with zero attached hydrogens (tertiary/aromatic N) is 3. The normalized spacial score (nSPS) is 19.0. The first-order valence-corrected chi connectivity index (χ1v) is 6.46. The lowest BCUT2D eigenvalue weighted by Crippen LogP contribution is -2.34. The molecule has 1 aromatic rings. The lowest BCUT2D eigenvalue weighted by Gasteiger charge is -2.25. The fraction of sp³-hybridized carbons (Fsp3) is 0.615. The van der Waals surface area contributed by atoms with Gasteiger partial charge in [0.05, 0.1) is 0 Å². The molecule has 1 fully saturated rings. The summed E-state index contributed by atoms with van der Waals surface area (Å²) in [5, 5.41) is 2.86. The van der Waals surface area contributed by atoms with E-state index in [2.05, 4.69) is 20.2 Å². The second kappa shape index (κ2) is 5.80. The Morgan fingerprint density at radius 2 is 2.39 bits per heavy atom. The summed E-state index contributed by atoms with van der Waals surface area (Å²) in [6.45, 7) is 5.31. The predicted molar refractivity (Wildman–Crippen MR) is 70.4 cm³/mol. The first-order valence-electron chi connectivity index (χ1n) is 6.46. The molecule has 0 bridgehead atoms. The molecule has 98 valence electrons. The first-order chi connectivity index (χ1) is 8.66. The van der Waals surface area contributed by atoms with E-state index in [-0.39, 0.29) is 5.91 Å². The van der Waals surface area contributed by atoms with Crippen molar-refractivity contribution >= 4 is 11.7 Å². The van der Waals surface area contributed by atoms with Crippen LogP contribution in [0.2, 0.25) is 0 Å². The molecule has 1 aliphatic rings. The average molecular weight is 248 g/mol. The van der Waals surface area contributed by atoms with Crippen LogP contribution in [0, 0.1) is 6.92 Å². The molecule has 1 aromatic heterocycles. The number of carbonyl (C=O) groups is 1. The number of rotatable bonds is 4. The molecular weight excluding hydrogens is 228 g/mol. The van der Waals surface area contributed by atoms with E-state index in [1.807, 2.05) is 13.0 Å². The van der Waals surface area contributed by atoms with Crippen molar-refractivity contribution in [1.82, 2.24) is 15.3 Å². The molecule has 1 aliphatic heterocycles. The van der Waals surface area contributed by atoms with E-state index in [4.69, 9.17) is 0 Å². The highest BCUT2D eigenvalue weighted by Crippen LogP contribution is 2.25. The van der Waals surface area contributed by atoms with Crippen molar-refractivity contribution < 1.29 is 4.79 Å². The molecule has 0 radical (unpaired) electrons. The third kappa shape index (κ3) is 3.18. The SMILES string of the molecule is CC(=O)NCCC1CCCN1c1cc(C)ncn1. The van der Waals surface area contributed by atoms with Crippen molar-refractivity contribution in [1.29, 1.82) is 0 Å². The van der Waals surface area contributed by atoms with E-state index < -0.39 is 0 Å². The third-order valence-corrected chi connectivity index (χ3v) is 3.31. The smallest absolute Gasteiger partial charge is 0.216 e. The molecule has 2 rings (SSSR count). The Morgan fingerprint density at radius 1 is 1.56 bits per heavy atom. The molecule has 5 nitrogen and oxygen atoms in total. The van der Waals surface area contributed by atoms with Crippen LogP contribution in [0.25, 0.3) is 0 Å². The summed E-state index contributed by atoms with van der Waals surface area (Å²) < 4.78 is 0. The molecular formula is C13H20N4O. The van der Waals surface area contributed by atoms with Crippen LogP contribution >= 0.6 is 0 Å². The van der Waals surface area contributed by atoms with Gasteiger partial charge in [0.25, 0.3) is 0 Å². The van der Waals surface area contributed by atoms with Crippen LogP contribution in [-0.4, -0.2) is 35.0 Å². The van der Waals surface area contributed by atoms with Crippen molar-refractivity contribution in [3.05, 3.63) is 18.1 Å². The van der Waals surface area contributed by atoms with E-state index in [9.17, 15) is 4.79 Å². The van der Waals surface area contributed by atoms with Crippen molar-refractivity contribution in [3.8, 4) is 0 Å². The second-order valence-corrected chi connectivity index (χ2v) is 4.78. The van der Waals surface area contributed by atoms with Crippen molar-refractivity contribution in [2.75, 3.05) is 18.0 Å². The number of hydrogen-bond donors (Lipinski definition) is 1. The quantitative estimate of drug-likeness (QED) is 0.872. The largest absolute Gasteiger partial charge is 0.356 e. The van der Waals surface area contributed by atoms with Gasteiger partial charge in [0.2, 0.25) is 5.91 Å². The van der Waals surface area contributed by atoms with E-state index in [1.165, 1.54) is 12.8 Å². The van der Waals surface area contributed by atoms with Gasteiger partial charge in [-0.2, -0.15) is 0 Å². The topological polar surface area (TPSA) is 58.1 Å². The van der Waals surface area contributed by atoms with Gasteiger partial charge in [0.15, 0.2) is 0 Å². The Hall–Kier alpha value is -1.65. The molecule has 0 spiro atoms. The minimum atomic E-state index is 0.0393. The minimum absolute atomic E-state index is 0.0393. The molecule has 1 amide bonds. The Labute approximate surface area is 108 Å². The van der Waals surface area contributed by atoms with Gasteiger partial charge in [-0.15, -0.1) is 0 Å². The maximum atomic E-state index is 10.9. The standard InChI is InChI=1S/C13H20N4O/c1-10-8-13(16-9-15-10)17-7-3-4-12(17)5-6-14-11(2)18/h8-9,12H,3-7H2,1-2H3,(H,14,18). The monoisotopic (exact) mass is 248 g/mol. The van der Waals surface area contributed by atoms with Crippen LogP contribution in [0.15, 0.2) is 12.4 Å². The number of hydrogen-bond acceptors (Lipinski definition) is 4. The molecule has 2 heterocycles. The van der Waals surface area contributed by atoms with Gasteiger partial charge < -0.3 is 10.2 Å². The van der Waals surface area contributed by atoms with Gasteiger partial charge in [-0.05, 0) is 26.2 Å². The molecule has 5 heteroatoms. The Balaban J connectivity index is 1.97. The fourth-order valence-electron chi connectivity index (χ4n) is 2.45. The zero-order chi connectivity index (χ0) is 13.0. The van der Waals surface area contributed by atoms with Crippen LogP contribution in [-0.2, 0) is 4.79 Å². The Kier molecular flexibility index (Phi) is 4.12. The van der Waals surface area contributed by atoms with Crippen LogP contribution in [0.3, 0.4) is 0 Å². The molecule has 0 aromatic carbocycles.